The Morgan fingerprint density at radius 1 is 1.35 bits per heavy atom. The van der Waals surface area contributed by atoms with Crippen molar-refractivity contribution in [3.63, 3.8) is 0 Å². The molecule has 3 nitrogen and oxygen atoms in total. The van der Waals surface area contributed by atoms with E-state index in [4.69, 9.17) is 0 Å². The van der Waals surface area contributed by atoms with Gasteiger partial charge in [0.1, 0.15) is 11.9 Å². The third-order valence-electron chi connectivity index (χ3n) is 3.94. The number of carbonyl (C=O) groups is 1. The lowest BCUT2D eigenvalue weighted by atomic mass is 10.1. The zero-order valence-corrected chi connectivity index (χ0v) is 12.9. The van der Waals surface area contributed by atoms with Crippen molar-refractivity contribution in [2.75, 3.05) is 13.1 Å². The molecule has 1 saturated heterocycles. The first-order valence-corrected chi connectivity index (χ1v) is 7.54. The summed E-state index contributed by atoms with van der Waals surface area (Å²) in [6.45, 7) is 1.01. The van der Waals surface area contributed by atoms with Crippen LogP contribution in [0, 0.1) is 0 Å². The second kappa shape index (κ2) is 5.20. The Kier molecular flexibility index (Phi) is 3.54. The van der Waals surface area contributed by atoms with Gasteiger partial charge < -0.3 is 9.47 Å². The van der Waals surface area contributed by atoms with Crippen LogP contribution in [0.5, 0.6) is 0 Å². The van der Waals surface area contributed by atoms with Crippen molar-refractivity contribution in [1.82, 2.24) is 9.47 Å². The van der Waals surface area contributed by atoms with Crippen LogP contribution in [0.1, 0.15) is 23.3 Å². The summed E-state index contributed by atoms with van der Waals surface area (Å²) in [4.78, 5) is 14.3. The quantitative estimate of drug-likeness (QED) is 0.781. The number of rotatable bonds is 1. The SMILES string of the molecule is Cn1c(C(=O)N2CCC(F)CC2)cc2cccc(Br)c21. The highest BCUT2D eigenvalue weighted by Crippen LogP contribution is 2.27. The van der Waals surface area contributed by atoms with E-state index in [1.54, 1.807) is 4.90 Å². The molecule has 1 fully saturated rings. The van der Waals surface area contributed by atoms with Crippen LogP contribution in [0.3, 0.4) is 0 Å². The lowest BCUT2D eigenvalue weighted by molar-refractivity contribution is 0.0658. The fraction of sp³-hybridized carbons (Fsp3) is 0.400. The van der Waals surface area contributed by atoms with E-state index in [1.807, 2.05) is 35.9 Å². The van der Waals surface area contributed by atoms with E-state index in [9.17, 15) is 9.18 Å². The highest BCUT2D eigenvalue weighted by Gasteiger charge is 2.25. The molecule has 0 saturated carbocycles. The Bertz CT molecular complexity index is 659. The van der Waals surface area contributed by atoms with Gasteiger partial charge in [0, 0.05) is 30.0 Å². The molecular formula is C15H16BrFN2O. The van der Waals surface area contributed by atoms with Crippen molar-refractivity contribution < 1.29 is 9.18 Å². The summed E-state index contributed by atoms with van der Waals surface area (Å²) in [6.07, 6.45) is 0.124. The maximum atomic E-state index is 13.2. The van der Waals surface area contributed by atoms with Crippen molar-refractivity contribution in [2.45, 2.75) is 19.0 Å². The molecule has 1 aromatic heterocycles. The molecule has 0 atom stereocenters. The highest BCUT2D eigenvalue weighted by atomic mass is 79.9. The van der Waals surface area contributed by atoms with Crippen molar-refractivity contribution in [3.05, 3.63) is 34.4 Å². The minimum atomic E-state index is -0.763. The lowest BCUT2D eigenvalue weighted by Gasteiger charge is -2.28. The first kappa shape index (κ1) is 13.6. The summed E-state index contributed by atoms with van der Waals surface area (Å²) in [5, 5.41) is 1.03. The molecule has 1 aliphatic heterocycles. The van der Waals surface area contributed by atoms with Gasteiger partial charge in [0.05, 0.1) is 5.52 Å². The molecule has 2 aromatic rings. The predicted octanol–water partition coefficient (Wildman–Crippen LogP) is 3.51. The standard InChI is InChI=1S/C15H16BrFN2O/c1-18-13(9-10-3-2-4-12(16)14(10)18)15(20)19-7-5-11(17)6-8-19/h2-4,9,11H,5-8H2,1H3. The van der Waals surface area contributed by atoms with Gasteiger partial charge in [-0.1, -0.05) is 12.1 Å². The Morgan fingerprint density at radius 3 is 2.70 bits per heavy atom. The number of aromatic nitrogens is 1. The van der Waals surface area contributed by atoms with Crippen LogP contribution >= 0.6 is 15.9 Å². The Labute approximate surface area is 125 Å². The molecule has 0 N–H and O–H groups in total. The summed E-state index contributed by atoms with van der Waals surface area (Å²) in [6, 6.07) is 7.81. The van der Waals surface area contributed by atoms with Gasteiger partial charge in [-0.15, -0.1) is 0 Å². The number of alkyl halides is 1. The molecule has 2 heterocycles. The molecule has 0 aliphatic carbocycles. The number of likely N-dealkylation sites (tertiary alicyclic amines) is 1. The normalized spacial score (nSPS) is 16.9. The number of hydrogen-bond donors (Lipinski definition) is 0. The number of amides is 1. The van der Waals surface area contributed by atoms with Crippen LogP contribution in [0.15, 0.2) is 28.7 Å². The summed E-state index contributed by atoms with van der Waals surface area (Å²) < 4.78 is 16.1. The van der Waals surface area contributed by atoms with Gasteiger partial charge in [-0.2, -0.15) is 0 Å². The number of para-hydroxylation sites is 1. The van der Waals surface area contributed by atoms with Crippen LogP contribution in [0.4, 0.5) is 4.39 Å². The third kappa shape index (κ3) is 2.24. The van der Waals surface area contributed by atoms with Crippen molar-refractivity contribution >= 4 is 32.7 Å². The molecule has 1 aliphatic rings. The van der Waals surface area contributed by atoms with Gasteiger partial charge in [-0.05, 0) is 40.9 Å². The second-order valence-electron chi connectivity index (χ2n) is 5.23. The van der Waals surface area contributed by atoms with E-state index in [-0.39, 0.29) is 5.91 Å². The van der Waals surface area contributed by atoms with E-state index < -0.39 is 6.17 Å². The average Bonchev–Trinajstić information content (AvgIpc) is 2.77. The molecule has 3 rings (SSSR count). The fourth-order valence-electron chi connectivity index (χ4n) is 2.79. The smallest absolute Gasteiger partial charge is 0.270 e. The van der Waals surface area contributed by atoms with Gasteiger partial charge in [-0.25, -0.2) is 4.39 Å². The van der Waals surface area contributed by atoms with Gasteiger partial charge in [-0.3, -0.25) is 4.79 Å². The molecule has 0 bridgehead atoms. The lowest BCUT2D eigenvalue weighted by Crippen LogP contribution is -2.39. The predicted molar refractivity (Wildman–Crippen MR) is 80.7 cm³/mol. The summed E-state index contributed by atoms with van der Waals surface area (Å²) >= 11 is 3.52. The minimum absolute atomic E-state index is 0.0116. The molecule has 0 unspecified atom stereocenters. The van der Waals surface area contributed by atoms with Gasteiger partial charge in [0.2, 0.25) is 0 Å². The minimum Gasteiger partial charge on any atom is -0.339 e. The Morgan fingerprint density at radius 2 is 2.05 bits per heavy atom. The molecule has 1 amide bonds. The van der Waals surface area contributed by atoms with Crippen molar-refractivity contribution in [2.24, 2.45) is 7.05 Å². The van der Waals surface area contributed by atoms with E-state index in [2.05, 4.69) is 15.9 Å². The van der Waals surface area contributed by atoms with E-state index in [0.29, 0.717) is 31.6 Å². The zero-order valence-electron chi connectivity index (χ0n) is 11.3. The van der Waals surface area contributed by atoms with E-state index in [1.165, 1.54) is 0 Å². The first-order valence-electron chi connectivity index (χ1n) is 6.75. The molecule has 20 heavy (non-hydrogen) atoms. The van der Waals surface area contributed by atoms with Crippen molar-refractivity contribution in [1.29, 1.82) is 0 Å². The Balaban J connectivity index is 1.96. The van der Waals surface area contributed by atoms with E-state index >= 15 is 0 Å². The molecule has 5 heteroatoms. The maximum absolute atomic E-state index is 13.2. The number of carbonyl (C=O) groups excluding carboxylic acids is 1. The molecule has 0 spiro atoms. The largest absolute Gasteiger partial charge is 0.339 e. The topological polar surface area (TPSA) is 25.2 Å². The fourth-order valence-corrected chi connectivity index (χ4v) is 3.43. The van der Waals surface area contributed by atoms with Crippen LogP contribution in [0.2, 0.25) is 0 Å². The zero-order chi connectivity index (χ0) is 14.3. The highest BCUT2D eigenvalue weighted by molar-refractivity contribution is 9.10. The number of aryl methyl sites for hydroxylation is 1. The van der Waals surface area contributed by atoms with E-state index in [0.717, 1.165) is 15.4 Å². The maximum Gasteiger partial charge on any atom is 0.270 e. The van der Waals surface area contributed by atoms with Crippen LogP contribution < -0.4 is 0 Å². The summed E-state index contributed by atoms with van der Waals surface area (Å²) in [5.41, 5.74) is 1.67. The number of fused-ring (bicyclic) bond motifs is 1. The van der Waals surface area contributed by atoms with Gasteiger partial charge in [0.25, 0.3) is 5.91 Å². The monoisotopic (exact) mass is 338 g/mol. The number of piperidine rings is 1. The summed E-state index contributed by atoms with van der Waals surface area (Å²) in [5.74, 6) is -0.0116. The van der Waals surface area contributed by atoms with Crippen LogP contribution in [0.25, 0.3) is 10.9 Å². The summed E-state index contributed by atoms with van der Waals surface area (Å²) in [7, 11) is 1.89. The molecule has 1 aromatic carbocycles. The number of nitrogens with zero attached hydrogens (tertiary/aromatic N) is 2. The first-order chi connectivity index (χ1) is 9.58. The average molecular weight is 339 g/mol. The second-order valence-corrected chi connectivity index (χ2v) is 6.09. The number of halogens is 2. The Hall–Kier alpha value is -1.36. The van der Waals surface area contributed by atoms with Crippen molar-refractivity contribution in [3.8, 4) is 0 Å². The number of hydrogen-bond acceptors (Lipinski definition) is 1. The molecular weight excluding hydrogens is 323 g/mol. The third-order valence-corrected chi connectivity index (χ3v) is 4.58. The van der Waals surface area contributed by atoms with Gasteiger partial charge >= 0.3 is 0 Å². The number of benzene rings is 1. The molecule has 106 valence electrons. The van der Waals surface area contributed by atoms with Crippen LogP contribution in [-0.4, -0.2) is 34.6 Å². The van der Waals surface area contributed by atoms with Crippen LogP contribution in [-0.2, 0) is 7.05 Å². The van der Waals surface area contributed by atoms with Gasteiger partial charge in [0.15, 0.2) is 0 Å². The molecule has 0 radical (unpaired) electrons.